The van der Waals surface area contributed by atoms with Crippen molar-refractivity contribution in [1.82, 2.24) is 0 Å². The molecule has 18 heavy (non-hydrogen) atoms. The second-order valence-electron chi connectivity index (χ2n) is 5.70. The molecule has 1 aromatic rings. The minimum Gasteiger partial charge on any atom is -0.385 e. The summed E-state index contributed by atoms with van der Waals surface area (Å²) in [5.74, 6) is 0. The molecule has 0 amide bonds. The summed E-state index contributed by atoms with van der Waals surface area (Å²) in [5, 5.41) is 0. The minimum absolute atomic E-state index is 0.231. The number of methoxy groups -OCH3 is 1. The van der Waals surface area contributed by atoms with Crippen molar-refractivity contribution in [2.75, 3.05) is 13.7 Å². The summed E-state index contributed by atoms with van der Waals surface area (Å²) in [6.07, 6.45) is 7.10. The van der Waals surface area contributed by atoms with Gasteiger partial charge in [0, 0.05) is 19.3 Å². The summed E-state index contributed by atoms with van der Waals surface area (Å²) in [4.78, 5) is 0. The number of hydrogen-bond acceptors (Lipinski definition) is 2. The highest BCUT2D eigenvalue weighted by Crippen LogP contribution is 2.28. The van der Waals surface area contributed by atoms with Crippen molar-refractivity contribution in [3.8, 4) is 0 Å². The molecule has 2 N–H and O–H groups in total. The van der Waals surface area contributed by atoms with E-state index >= 15 is 0 Å². The first-order valence-electron chi connectivity index (χ1n) is 7.03. The molecule has 100 valence electrons. The number of aryl methyl sites for hydroxylation is 2. The average molecular weight is 247 g/mol. The van der Waals surface area contributed by atoms with Gasteiger partial charge in [-0.05, 0) is 62.1 Å². The van der Waals surface area contributed by atoms with Crippen molar-refractivity contribution in [3.63, 3.8) is 0 Å². The van der Waals surface area contributed by atoms with E-state index in [1.54, 1.807) is 7.11 Å². The molecular weight excluding hydrogens is 222 g/mol. The van der Waals surface area contributed by atoms with E-state index < -0.39 is 0 Å². The first-order valence-corrected chi connectivity index (χ1v) is 7.03. The number of fused-ring (bicyclic) bond motifs is 1. The summed E-state index contributed by atoms with van der Waals surface area (Å²) in [7, 11) is 1.74. The Bertz CT molecular complexity index is 398. The standard InChI is InChI=1S/C16H25NO/c1-16(17,10-5-11-18-2)15-9-8-13-6-3-4-7-14(13)12-15/h8-9,12H,3-7,10-11,17H2,1-2H3. The molecule has 1 aliphatic carbocycles. The SMILES string of the molecule is COCCCC(C)(N)c1ccc2c(c1)CCCC2. The van der Waals surface area contributed by atoms with E-state index in [2.05, 4.69) is 25.1 Å². The van der Waals surface area contributed by atoms with Crippen LogP contribution in [-0.2, 0) is 23.1 Å². The fourth-order valence-electron chi connectivity index (χ4n) is 2.82. The van der Waals surface area contributed by atoms with Crippen molar-refractivity contribution in [2.24, 2.45) is 5.73 Å². The lowest BCUT2D eigenvalue weighted by Crippen LogP contribution is -2.33. The Labute approximate surface area is 111 Å². The Balaban J connectivity index is 2.11. The zero-order valence-electron chi connectivity index (χ0n) is 11.7. The molecule has 0 spiro atoms. The van der Waals surface area contributed by atoms with E-state index in [9.17, 15) is 0 Å². The number of benzene rings is 1. The van der Waals surface area contributed by atoms with Crippen molar-refractivity contribution < 1.29 is 4.74 Å². The maximum absolute atomic E-state index is 6.46. The van der Waals surface area contributed by atoms with Crippen molar-refractivity contribution in [3.05, 3.63) is 34.9 Å². The molecule has 0 aromatic heterocycles. The van der Waals surface area contributed by atoms with Crippen molar-refractivity contribution >= 4 is 0 Å². The van der Waals surface area contributed by atoms with Crippen LogP contribution in [0.1, 0.15) is 49.3 Å². The van der Waals surface area contributed by atoms with Gasteiger partial charge in [-0.1, -0.05) is 18.2 Å². The normalized spacial score (nSPS) is 18.2. The van der Waals surface area contributed by atoms with Gasteiger partial charge in [0.1, 0.15) is 0 Å². The van der Waals surface area contributed by atoms with Crippen LogP contribution in [0.5, 0.6) is 0 Å². The van der Waals surface area contributed by atoms with E-state index in [4.69, 9.17) is 10.5 Å². The first-order chi connectivity index (χ1) is 8.63. The maximum Gasteiger partial charge on any atom is 0.0463 e. The molecule has 0 saturated heterocycles. The van der Waals surface area contributed by atoms with Crippen LogP contribution < -0.4 is 5.73 Å². The minimum atomic E-state index is -0.231. The smallest absolute Gasteiger partial charge is 0.0463 e. The summed E-state index contributed by atoms with van der Waals surface area (Å²) in [5.41, 5.74) is 10.5. The Morgan fingerprint density at radius 1 is 1.22 bits per heavy atom. The summed E-state index contributed by atoms with van der Waals surface area (Å²) < 4.78 is 5.11. The molecule has 1 aliphatic rings. The fourth-order valence-corrected chi connectivity index (χ4v) is 2.82. The molecule has 1 unspecified atom stereocenters. The molecular formula is C16H25NO. The highest BCUT2D eigenvalue weighted by molar-refractivity contribution is 5.36. The predicted octanol–water partition coefficient (Wildman–Crippen LogP) is 3.17. The summed E-state index contributed by atoms with van der Waals surface area (Å²) in [6.45, 7) is 2.92. The van der Waals surface area contributed by atoms with E-state index in [0.717, 1.165) is 19.4 Å². The predicted molar refractivity (Wildman–Crippen MR) is 75.7 cm³/mol. The summed E-state index contributed by atoms with van der Waals surface area (Å²) in [6, 6.07) is 6.84. The third-order valence-corrected chi connectivity index (χ3v) is 4.05. The van der Waals surface area contributed by atoms with Gasteiger partial charge < -0.3 is 10.5 Å². The molecule has 0 heterocycles. The van der Waals surface area contributed by atoms with Gasteiger partial charge in [0.15, 0.2) is 0 Å². The zero-order chi connectivity index (χ0) is 13.0. The second-order valence-corrected chi connectivity index (χ2v) is 5.70. The van der Waals surface area contributed by atoms with Gasteiger partial charge >= 0.3 is 0 Å². The quantitative estimate of drug-likeness (QED) is 0.811. The van der Waals surface area contributed by atoms with Crippen LogP contribution in [0.3, 0.4) is 0 Å². The second kappa shape index (κ2) is 5.85. The zero-order valence-corrected chi connectivity index (χ0v) is 11.7. The molecule has 1 aromatic carbocycles. The number of ether oxygens (including phenoxy) is 1. The molecule has 2 heteroatoms. The average Bonchev–Trinajstić information content (AvgIpc) is 2.38. The van der Waals surface area contributed by atoms with Crippen LogP contribution in [0, 0.1) is 0 Å². The van der Waals surface area contributed by atoms with Crippen molar-refractivity contribution in [2.45, 2.75) is 51.0 Å². The first kappa shape index (κ1) is 13.6. The number of nitrogens with two attached hydrogens (primary N) is 1. The lowest BCUT2D eigenvalue weighted by atomic mass is 9.83. The van der Waals surface area contributed by atoms with E-state index in [1.165, 1.54) is 42.4 Å². The Hall–Kier alpha value is -0.860. The van der Waals surface area contributed by atoms with E-state index in [-0.39, 0.29) is 5.54 Å². The largest absolute Gasteiger partial charge is 0.385 e. The molecule has 0 aliphatic heterocycles. The Morgan fingerprint density at radius 3 is 2.67 bits per heavy atom. The molecule has 2 rings (SSSR count). The van der Waals surface area contributed by atoms with Gasteiger partial charge in [-0.2, -0.15) is 0 Å². The summed E-state index contributed by atoms with van der Waals surface area (Å²) >= 11 is 0. The van der Waals surface area contributed by atoms with Gasteiger partial charge in [0.2, 0.25) is 0 Å². The molecule has 0 fully saturated rings. The van der Waals surface area contributed by atoms with Crippen LogP contribution in [0.2, 0.25) is 0 Å². The molecule has 2 nitrogen and oxygen atoms in total. The van der Waals surface area contributed by atoms with E-state index in [0.29, 0.717) is 0 Å². The van der Waals surface area contributed by atoms with Gasteiger partial charge in [0.25, 0.3) is 0 Å². The molecule has 0 saturated carbocycles. The fraction of sp³-hybridized carbons (Fsp3) is 0.625. The third-order valence-electron chi connectivity index (χ3n) is 4.05. The van der Waals surface area contributed by atoms with Crippen LogP contribution in [-0.4, -0.2) is 13.7 Å². The Morgan fingerprint density at radius 2 is 1.94 bits per heavy atom. The highest BCUT2D eigenvalue weighted by Gasteiger charge is 2.22. The lowest BCUT2D eigenvalue weighted by molar-refractivity contribution is 0.184. The highest BCUT2D eigenvalue weighted by atomic mass is 16.5. The van der Waals surface area contributed by atoms with Gasteiger partial charge in [-0.3, -0.25) is 0 Å². The van der Waals surface area contributed by atoms with E-state index in [1.807, 2.05) is 0 Å². The van der Waals surface area contributed by atoms with Gasteiger partial charge in [0.05, 0.1) is 0 Å². The van der Waals surface area contributed by atoms with Crippen molar-refractivity contribution in [1.29, 1.82) is 0 Å². The number of rotatable bonds is 5. The van der Waals surface area contributed by atoms with Crippen LogP contribution in [0.15, 0.2) is 18.2 Å². The third kappa shape index (κ3) is 3.12. The number of hydrogen-bond donors (Lipinski definition) is 1. The molecule has 0 radical (unpaired) electrons. The lowest BCUT2D eigenvalue weighted by Gasteiger charge is -2.27. The van der Waals surface area contributed by atoms with Gasteiger partial charge in [-0.25, -0.2) is 0 Å². The maximum atomic E-state index is 6.46. The molecule has 1 atom stereocenters. The van der Waals surface area contributed by atoms with Crippen LogP contribution >= 0.6 is 0 Å². The van der Waals surface area contributed by atoms with Crippen LogP contribution in [0.25, 0.3) is 0 Å². The topological polar surface area (TPSA) is 35.2 Å². The van der Waals surface area contributed by atoms with Crippen LogP contribution in [0.4, 0.5) is 0 Å². The Kier molecular flexibility index (Phi) is 4.41. The van der Waals surface area contributed by atoms with Gasteiger partial charge in [-0.15, -0.1) is 0 Å². The molecule has 0 bridgehead atoms. The monoisotopic (exact) mass is 247 g/mol.